The minimum absolute atomic E-state index is 0.827. The van der Waals surface area contributed by atoms with Crippen LogP contribution in [0.15, 0.2) is 6.20 Å². The molecule has 0 radical (unpaired) electrons. The van der Waals surface area contributed by atoms with Gasteiger partial charge in [-0.15, -0.1) is 0 Å². The first-order valence-corrected chi connectivity index (χ1v) is 7.17. The van der Waals surface area contributed by atoms with Crippen LogP contribution in [0.3, 0.4) is 0 Å². The van der Waals surface area contributed by atoms with Gasteiger partial charge in [-0.1, -0.05) is 19.3 Å². The average Bonchev–Trinajstić information content (AvgIpc) is 2.70. The summed E-state index contributed by atoms with van der Waals surface area (Å²) in [5, 5.41) is 5.40. The fraction of sp³-hybridized carbons (Fsp3) is 0.643. The molecule has 1 aliphatic heterocycles. The van der Waals surface area contributed by atoms with Gasteiger partial charge in [-0.05, 0) is 19.8 Å². The van der Waals surface area contributed by atoms with Gasteiger partial charge in [0, 0.05) is 20.1 Å². The molecule has 0 spiro atoms. The molecule has 0 unspecified atom stereocenters. The second kappa shape index (κ2) is 5.15. The van der Waals surface area contributed by atoms with Crippen molar-refractivity contribution in [3.05, 3.63) is 12.0 Å². The van der Waals surface area contributed by atoms with Gasteiger partial charge in [-0.3, -0.25) is 4.68 Å². The highest BCUT2D eigenvalue weighted by atomic mass is 15.3. The van der Waals surface area contributed by atoms with Crippen molar-refractivity contribution >= 4 is 16.9 Å². The number of aryl methyl sites for hydroxylation is 2. The van der Waals surface area contributed by atoms with E-state index in [2.05, 4.69) is 20.0 Å². The third-order valence-electron chi connectivity index (χ3n) is 3.84. The molecule has 0 atom stereocenters. The maximum Gasteiger partial charge on any atom is 0.163 e. The predicted molar refractivity (Wildman–Crippen MR) is 76.3 cm³/mol. The van der Waals surface area contributed by atoms with Crippen molar-refractivity contribution in [2.45, 2.75) is 39.0 Å². The number of hydrogen-bond donors (Lipinski definition) is 0. The van der Waals surface area contributed by atoms with Crippen LogP contribution in [0.25, 0.3) is 11.0 Å². The van der Waals surface area contributed by atoms with Crippen LogP contribution < -0.4 is 4.90 Å². The lowest BCUT2D eigenvalue weighted by molar-refractivity contribution is 0.554. The fourth-order valence-corrected chi connectivity index (χ4v) is 2.81. The van der Waals surface area contributed by atoms with Gasteiger partial charge in [0.05, 0.1) is 11.6 Å². The zero-order chi connectivity index (χ0) is 13.2. The maximum absolute atomic E-state index is 4.67. The first kappa shape index (κ1) is 12.4. The Morgan fingerprint density at radius 2 is 1.68 bits per heavy atom. The largest absolute Gasteiger partial charge is 0.356 e. The zero-order valence-corrected chi connectivity index (χ0v) is 11.8. The van der Waals surface area contributed by atoms with Crippen molar-refractivity contribution in [1.29, 1.82) is 0 Å². The Bertz CT molecular complexity index is 566. The van der Waals surface area contributed by atoms with Gasteiger partial charge in [0.1, 0.15) is 11.6 Å². The van der Waals surface area contributed by atoms with Crippen LogP contribution >= 0.6 is 0 Å². The molecule has 0 saturated carbocycles. The minimum atomic E-state index is 0.827. The zero-order valence-electron chi connectivity index (χ0n) is 11.8. The lowest BCUT2D eigenvalue weighted by Gasteiger charge is -2.26. The smallest absolute Gasteiger partial charge is 0.163 e. The maximum atomic E-state index is 4.67. The molecule has 0 aromatic carbocycles. The number of rotatable bonds is 1. The van der Waals surface area contributed by atoms with Crippen molar-refractivity contribution in [1.82, 2.24) is 19.7 Å². The minimum Gasteiger partial charge on any atom is -0.356 e. The third-order valence-corrected chi connectivity index (χ3v) is 3.84. The number of hydrogen-bond acceptors (Lipinski definition) is 4. The molecular weight excluding hydrogens is 238 g/mol. The van der Waals surface area contributed by atoms with E-state index in [-0.39, 0.29) is 0 Å². The molecule has 0 aliphatic carbocycles. The molecule has 3 rings (SSSR count). The second-order valence-electron chi connectivity index (χ2n) is 5.35. The summed E-state index contributed by atoms with van der Waals surface area (Å²) in [4.78, 5) is 11.6. The SMILES string of the molecule is Cc1nc(N2CCCCCCC2)c2cnn(C)c2n1. The standard InChI is InChI=1S/C14H21N5/c1-11-16-13-12(10-15-18(13)2)14(17-11)19-8-6-4-3-5-7-9-19/h10H,3-9H2,1-2H3. The number of anilines is 1. The molecule has 3 heterocycles. The van der Waals surface area contributed by atoms with Gasteiger partial charge in [0.15, 0.2) is 5.65 Å². The third kappa shape index (κ3) is 2.41. The second-order valence-corrected chi connectivity index (χ2v) is 5.35. The number of nitrogens with zero attached hydrogens (tertiary/aromatic N) is 5. The summed E-state index contributed by atoms with van der Waals surface area (Å²) in [6, 6.07) is 0. The summed E-state index contributed by atoms with van der Waals surface area (Å²) >= 11 is 0. The monoisotopic (exact) mass is 259 g/mol. The van der Waals surface area contributed by atoms with E-state index < -0.39 is 0 Å². The van der Waals surface area contributed by atoms with Crippen LogP contribution in [0, 0.1) is 6.92 Å². The van der Waals surface area contributed by atoms with Crippen molar-refractivity contribution in [3.63, 3.8) is 0 Å². The Hall–Kier alpha value is -1.65. The van der Waals surface area contributed by atoms with Gasteiger partial charge in [0.2, 0.25) is 0 Å². The molecular formula is C14H21N5. The quantitative estimate of drug-likeness (QED) is 0.789. The van der Waals surface area contributed by atoms with Crippen LogP contribution in [0.2, 0.25) is 0 Å². The highest BCUT2D eigenvalue weighted by Gasteiger charge is 2.16. The van der Waals surface area contributed by atoms with Crippen molar-refractivity contribution in [3.8, 4) is 0 Å². The van der Waals surface area contributed by atoms with E-state index in [1.807, 2.05) is 24.9 Å². The van der Waals surface area contributed by atoms with Gasteiger partial charge >= 0.3 is 0 Å². The molecule has 0 N–H and O–H groups in total. The van der Waals surface area contributed by atoms with Crippen LogP contribution in [0.1, 0.15) is 37.9 Å². The van der Waals surface area contributed by atoms with E-state index >= 15 is 0 Å². The van der Waals surface area contributed by atoms with E-state index in [0.29, 0.717) is 0 Å². The first-order valence-electron chi connectivity index (χ1n) is 7.17. The average molecular weight is 259 g/mol. The van der Waals surface area contributed by atoms with Crippen LogP contribution in [0.5, 0.6) is 0 Å². The highest BCUT2D eigenvalue weighted by molar-refractivity contribution is 5.86. The molecule has 19 heavy (non-hydrogen) atoms. The molecule has 1 aliphatic rings. The Balaban J connectivity index is 2.02. The highest BCUT2D eigenvalue weighted by Crippen LogP contribution is 2.25. The van der Waals surface area contributed by atoms with E-state index in [0.717, 1.165) is 35.8 Å². The van der Waals surface area contributed by atoms with Crippen molar-refractivity contribution in [2.24, 2.45) is 7.05 Å². The first-order chi connectivity index (χ1) is 9.25. The normalized spacial score (nSPS) is 17.5. The van der Waals surface area contributed by atoms with Gasteiger partial charge in [0.25, 0.3) is 0 Å². The summed E-state index contributed by atoms with van der Waals surface area (Å²) < 4.78 is 1.83. The Morgan fingerprint density at radius 3 is 2.42 bits per heavy atom. The molecule has 1 saturated heterocycles. The van der Waals surface area contributed by atoms with E-state index in [9.17, 15) is 0 Å². The molecule has 102 valence electrons. The van der Waals surface area contributed by atoms with E-state index in [4.69, 9.17) is 0 Å². The van der Waals surface area contributed by atoms with E-state index in [1.165, 1.54) is 32.1 Å². The van der Waals surface area contributed by atoms with Gasteiger partial charge < -0.3 is 4.90 Å². The topological polar surface area (TPSA) is 46.8 Å². The summed E-state index contributed by atoms with van der Waals surface area (Å²) in [7, 11) is 1.94. The van der Waals surface area contributed by atoms with Crippen molar-refractivity contribution in [2.75, 3.05) is 18.0 Å². The molecule has 2 aromatic heterocycles. The fourth-order valence-electron chi connectivity index (χ4n) is 2.81. The van der Waals surface area contributed by atoms with E-state index in [1.54, 1.807) is 0 Å². The lowest BCUT2D eigenvalue weighted by atomic mass is 10.1. The van der Waals surface area contributed by atoms with Crippen LogP contribution in [-0.4, -0.2) is 32.8 Å². The van der Waals surface area contributed by atoms with Crippen molar-refractivity contribution < 1.29 is 0 Å². The number of aromatic nitrogens is 4. The lowest BCUT2D eigenvalue weighted by Crippen LogP contribution is -2.28. The summed E-state index contributed by atoms with van der Waals surface area (Å²) in [6.45, 7) is 4.15. The summed E-state index contributed by atoms with van der Waals surface area (Å²) in [5.74, 6) is 1.89. The molecule has 0 amide bonds. The molecule has 0 bridgehead atoms. The molecule has 2 aromatic rings. The predicted octanol–water partition coefficient (Wildman–Crippen LogP) is 2.44. The van der Waals surface area contributed by atoms with Gasteiger partial charge in [-0.25, -0.2) is 9.97 Å². The molecule has 5 heteroatoms. The van der Waals surface area contributed by atoms with Crippen LogP contribution in [-0.2, 0) is 7.05 Å². The van der Waals surface area contributed by atoms with Gasteiger partial charge in [-0.2, -0.15) is 5.10 Å². The van der Waals surface area contributed by atoms with Crippen LogP contribution in [0.4, 0.5) is 5.82 Å². The summed E-state index contributed by atoms with van der Waals surface area (Å²) in [6.07, 6.45) is 8.44. The Labute approximate surface area is 113 Å². The Kier molecular flexibility index (Phi) is 3.36. The number of fused-ring (bicyclic) bond motifs is 1. The molecule has 1 fully saturated rings. The summed E-state index contributed by atoms with van der Waals surface area (Å²) in [5.41, 5.74) is 0.935. The molecule has 5 nitrogen and oxygen atoms in total. The Morgan fingerprint density at radius 1 is 1.00 bits per heavy atom.